The highest BCUT2D eigenvalue weighted by atomic mass is 35.5. The van der Waals surface area contributed by atoms with Crippen LogP contribution in [0.3, 0.4) is 0 Å². The van der Waals surface area contributed by atoms with Crippen LogP contribution in [0.1, 0.15) is 37.9 Å². The Kier molecular flexibility index (Phi) is 6.39. The molecule has 1 amide bonds. The van der Waals surface area contributed by atoms with Gasteiger partial charge in [0.2, 0.25) is 0 Å². The first-order valence-corrected chi connectivity index (χ1v) is 10.3. The predicted molar refractivity (Wildman–Crippen MR) is 118 cm³/mol. The lowest BCUT2D eigenvalue weighted by atomic mass is 9.93. The Hall–Kier alpha value is -3.42. The summed E-state index contributed by atoms with van der Waals surface area (Å²) >= 11 is 11.7. The van der Waals surface area contributed by atoms with Crippen molar-refractivity contribution in [2.45, 2.75) is 12.5 Å². The van der Waals surface area contributed by atoms with Crippen LogP contribution in [0.5, 0.6) is 0 Å². The van der Waals surface area contributed by atoms with Crippen molar-refractivity contribution in [3.05, 3.63) is 93.1 Å². The second-order valence-electron chi connectivity index (χ2n) is 6.99. The molecule has 4 rings (SSSR count). The molecule has 0 aliphatic carbocycles. The number of rotatable bonds is 5. The minimum atomic E-state index is -0.701. The molecule has 0 saturated heterocycles. The van der Waals surface area contributed by atoms with Crippen molar-refractivity contribution in [2.24, 2.45) is 0 Å². The Balaban J connectivity index is 1.41. The molecular weight excluding hydrogens is 455 g/mol. The molecule has 1 aliphatic heterocycles. The number of halogens is 2. The van der Waals surface area contributed by atoms with Gasteiger partial charge < -0.3 is 14.8 Å². The van der Waals surface area contributed by atoms with Crippen LogP contribution in [0.4, 0.5) is 5.82 Å². The highest BCUT2D eigenvalue weighted by molar-refractivity contribution is 6.36. The number of pyridine rings is 1. The van der Waals surface area contributed by atoms with Crippen molar-refractivity contribution in [2.75, 3.05) is 11.9 Å². The van der Waals surface area contributed by atoms with Crippen molar-refractivity contribution in [1.82, 2.24) is 4.98 Å². The summed E-state index contributed by atoms with van der Waals surface area (Å²) in [5.74, 6) is -1.66. The van der Waals surface area contributed by atoms with E-state index in [4.69, 9.17) is 32.7 Å². The number of aromatic nitrogens is 1. The highest BCUT2D eigenvalue weighted by Crippen LogP contribution is 2.31. The van der Waals surface area contributed by atoms with E-state index in [1.54, 1.807) is 6.07 Å². The lowest BCUT2D eigenvalue weighted by Gasteiger charge is -2.25. The largest absolute Gasteiger partial charge is 0.454 e. The number of hydrogen-bond donors (Lipinski definition) is 1. The first-order valence-electron chi connectivity index (χ1n) is 9.57. The van der Waals surface area contributed by atoms with E-state index in [2.05, 4.69) is 10.3 Å². The van der Waals surface area contributed by atoms with E-state index in [-0.39, 0.29) is 16.4 Å². The number of anilines is 1. The van der Waals surface area contributed by atoms with Gasteiger partial charge in [0.1, 0.15) is 6.10 Å². The first kappa shape index (κ1) is 21.8. The molecule has 1 unspecified atom stereocenters. The monoisotopic (exact) mass is 470 g/mol. The van der Waals surface area contributed by atoms with Gasteiger partial charge in [0, 0.05) is 12.6 Å². The van der Waals surface area contributed by atoms with Gasteiger partial charge >= 0.3 is 11.9 Å². The molecule has 1 aromatic heterocycles. The summed E-state index contributed by atoms with van der Waals surface area (Å²) in [4.78, 5) is 40.8. The Bertz CT molecular complexity index is 1200. The molecular formula is C23H16Cl2N2O5. The Morgan fingerprint density at radius 1 is 1.12 bits per heavy atom. The summed E-state index contributed by atoms with van der Waals surface area (Å²) in [6.07, 6.45) is 1.31. The number of nitrogens with zero attached hydrogens (tertiary/aromatic N) is 1. The third-order valence-corrected chi connectivity index (χ3v) is 5.28. The fourth-order valence-electron chi connectivity index (χ4n) is 3.27. The summed E-state index contributed by atoms with van der Waals surface area (Å²) in [5, 5.41) is 2.93. The van der Waals surface area contributed by atoms with Crippen LogP contribution in [0.25, 0.3) is 0 Å². The van der Waals surface area contributed by atoms with Gasteiger partial charge in [-0.05, 0) is 35.4 Å². The van der Waals surface area contributed by atoms with Gasteiger partial charge in [-0.1, -0.05) is 53.5 Å². The minimum absolute atomic E-state index is 0.108. The number of carbonyl (C=O) groups excluding carboxylic acids is 3. The third kappa shape index (κ3) is 4.90. The number of hydrogen-bond acceptors (Lipinski definition) is 6. The SMILES string of the molecule is O=C(COC(=O)c1ccc2c(c1)CC(c1ccccc1)OC2=O)Nc1ncc(Cl)cc1Cl. The molecule has 2 heterocycles. The topological polar surface area (TPSA) is 94.6 Å². The molecule has 0 fully saturated rings. The normalized spacial score (nSPS) is 14.8. The van der Waals surface area contributed by atoms with Gasteiger partial charge in [-0.15, -0.1) is 0 Å². The summed E-state index contributed by atoms with van der Waals surface area (Å²) < 4.78 is 10.6. The van der Waals surface area contributed by atoms with Crippen LogP contribution < -0.4 is 5.32 Å². The molecule has 0 bridgehead atoms. The van der Waals surface area contributed by atoms with Crippen molar-refractivity contribution in [3.8, 4) is 0 Å². The summed E-state index contributed by atoms with van der Waals surface area (Å²) in [6.45, 7) is -0.536. The zero-order valence-electron chi connectivity index (χ0n) is 16.5. The number of benzene rings is 2. The van der Waals surface area contributed by atoms with E-state index in [1.165, 1.54) is 24.4 Å². The van der Waals surface area contributed by atoms with E-state index in [1.807, 2.05) is 30.3 Å². The number of ether oxygens (including phenoxy) is 2. The second-order valence-corrected chi connectivity index (χ2v) is 7.83. The average Bonchev–Trinajstić information content (AvgIpc) is 2.79. The van der Waals surface area contributed by atoms with Crippen LogP contribution in [0, 0.1) is 0 Å². The van der Waals surface area contributed by atoms with Crippen LogP contribution in [0.2, 0.25) is 10.0 Å². The number of fused-ring (bicyclic) bond motifs is 1. The number of nitrogens with one attached hydrogen (secondary N) is 1. The van der Waals surface area contributed by atoms with Gasteiger partial charge in [-0.25, -0.2) is 14.6 Å². The maximum atomic E-state index is 12.5. The molecule has 0 saturated carbocycles. The number of cyclic esters (lactones) is 1. The van der Waals surface area contributed by atoms with E-state index in [9.17, 15) is 14.4 Å². The Labute approximate surface area is 193 Å². The molecule has 7 nitrogen and oxygen atoms in total. The van der Waals surface area contributed by atoms with Crippen LogP contribution in [0.15, 0.2) is 60.8 Å². The molecule has 9 heteroatoms. The first-order chi connectivity index (χ1) is 15.4. The van der Waals surface area contributed by atoms with Gasteiger partial charge in [0.25, 0.3) is 5.91 Å². The molecule has 1 aliphatic rings. The molecule has 32 heavy (non-hydrogen) atoms. The summed E-state index contributed by atoms with van der Waals surface area (Å²) in [5.41, 5.74) is 2.16. The molecule has 0 radical (unpaired) electrons. The fourth-order valence-corrected chi connectivity index (χ4v) is 3.69. The zero-order chi connectivity index (χ0) is 22.7. The van der Waals surface area contributed by atoms with Crippen LogP contribution in [-0.2, 0) is 20.7 Å². The molecule has 0 spiro atoms. The molecule has 2 aromatic carbocycles. The van der Waals surface area contributed by atoms with E-state index < -0.39 is 30.6 Å². The molecule has 1 atom stereocenters. The van der Waals surface area contributed by atoms with Crippen molar-refractivity contribution in [1.29, 1.82) is 0 Å². The summed E-state index contributed by atoms with van der Waals surface area (Å²) in [7, 11) is 0. The number of esters is 2. The predicted octanol–water partition coefficient (Wildman–Crippen LogP) is 4.64. The van der Waals surface area contributed by atoms with Crippen molar-refractivity contribution < 1.29 is 23.9 Å². The lowest BCUT2D eigenvalue weighted by molar-refractivity contribution is -0.119. The smallest absolute Gasteiger partial charge is 0.339 e. The van der Waals surface area contributed by atoms with Crippen molar-refractivity contribution in [3.63, 3.8) is 0 Å². The lowest BCUT2D eigenvalue weighted by Crippen LogP contribution is -2.23. The quantitative estimate of drug-likeness (QED) is 0.545. The third-order valence-electron chi connectivity index (χ3n) is 4.79. The molecule has 1 N–H and O–H groups in total. The minimum Gasteiger partial charge on any atom is -0.454 e. The Morgan fingerprint density at radius 3 is 2.66 bits per heavy atom. The van der Waals surface area contributed by atoms with Crippen LogP contribution >= 0.6 is 23.2 Å². The number of carbonyl (C=O) groups is 3. The fraction of sp³-hybridized carbons (Fsp3) is 0.130. The second kappa shape index (κ2) is 9.38. The van der Waals surface area contributed by atoms with Gasteiger partial charge in [0.15, 0.2) is 12.4 Å². The van der Waals surface area contributed by atoms with Gasteiger partial charge in [0.05, 0.1) is 21.2 Å². The highest BCUT2D eigenvalue weighted by Gasteiger charge is 2.28. The van der Waals surface area contributed by atoms with E-state index in [0.717, 1.165) is 5.56 Å². The van der Waals surface area contributed by atoms with Gasteiger partial charge in [-0.2, -0.15) is 0 Å². The van der Waals surface area contributed by atoms with Crippen LogP contribution in [-0.4, -0.2) is 29.4 Å². The maximum absolute atomic E-state index is 12.5. The average molecular weight is 471 g/mol. The molecule has 162 valence electrons. The van der Waals surface area contributed by atoms with Gasteiger partial charge in [-0.3, -0.25) is 4.79 Å². The van der Waals surface area contributed by atoms with E-state index >= 15 is 0 Å². The van der Waals surface area contributed by atoms with E-state index in [0.29, 0.717) is 22.6 Å². The standard InChI is InChI=1S/C23H16Cl2N2O5/c24-16-10-18(25)21(26-11-16)27-20(28)12-31-22(29)14-6-7-17-15(8-14)9-19(32-23(17)30)13-4-2-1-3-5-13/h1-8,10-11,19H,9,12H2,(H,26,27,28). The number of amides is 1. The zero-order valence-corrected chi connectivity index (χ0v) is 18.0. The summed E-state index contributed by atoms with van der Waals surface area (Å²) in [6, 6.07) is 15.4. The molecule has 3 aromatic rings. The Morgan fingerprint density at radius 2 is 1.91 bits per heavy atom. The maximum Gasteiger partial charge on any atom is 0.339 e. The van der Waals surface area contributed by atoms with Crippen molar-refractivity contribution >= 4 is 46.9 Å².